The highest BCUT2D eigenvalue weighted by Gasteiger charge is 2.27. The number of hydrogen-bond donors (Lipinski definition) is 1. The van der Waals surface area contributed by atoms with Crippen molar-refractivity contribution < 1.29 is 9.53 Å². The van der Waals surface area contributed by atoms with Crippen LogP contribution in [0.3, 0.4) is 0 Å². The molecule has 1 aliphatic rings. The van der Waals surface area contributed by atoms with Crippen LogP contribution in [-0.4, -0.2) is 19.6 Å². The molecular formula is C13H15Cl2NO2. The molecule has 1 fully saturated rings. The third kappa shape index (κ3) is 3.37. The molecule has 18 heavy (non-hydrogen) atoms. The van der Waals surface area contributed by atoms with Gasteiger partial charge in [-0.05, 0) is 43.0 Å². The van der Waals surface area contributed by atoms with Gasteiger partial charge in [-0.15, -0.1) is 0 Å². The molecule has 1 saturated carbocycles. The van der Waals surface area contributed by atoms with E-state index in [-0.39, 0.29) is 5.97 Å². The summed E-state index contributed by atoms with van der Waals surface area (Å²) in [5.41, 5.74) is 0.702. The second-order valence-electron chi connectivity index (χ2n) is 4.47. The molecular weight excluding hydrogens is 273 g/mol. The molecule has 3 nitrogen and oxygen atoms in total. The Bertz CT molecular complexity index is 447. The minimum absolute atomic E-state index is 0.333. The summed E-state index contributed by atoms with van der Waals surface area (Å²) in [7, 11) is 1.37. The van der Waals surface area contributed by atoms with E-state index in [1.807, 2.05) is 0 Å². The molecule has 1 aliphatic carbocycles. The Labute approximate surface area is 116 Å². The highest BCUT2D eigenvalue weighted by atomic mass is 35.5. The van der Waals surface area contributed by atoms with Gasteiger partial charge in [0.25, 0.3) is 0 Å². The van der Waals surface area contributed by atoms with Crippen molar-refractivity contribution in [1.29, 1.82) is 0 Å². The molecule has 0 heterocycles. The average Bonchev–Trinajstić information content (AvgIpc) is 3.15. The van der Waals surface area contributed by atoms with Crippen molar-refractivity contribution >= 4 is 29.2 Å². The van der Waals surface area contributed by atoms with Crippen LogP contribution >= 0.6 is 23.2 Å². The van der Waals surface area contributed by atoms with Gasteiger partial charge in [0.2, 0.25) is 0 Å². The van der Waals surface area contributed by atoms with Gasteiger partial charge in [-0.25, -0.2) is 4.79 Å². The van der Waals surface area contributed by atoms with Crippen molar-refractivity contribution in [3.8, 4) is 0 Å². The molecule has 0 amide bonds. The van der Waals surface area contributed by atoms with Gasteiger partial charge in [0.15, 0.2) is 0 Å². The van der Waals surface area contributed by atoms with Crippen LogP contribution < -0.4 is 5.32 Å². The number of rotatable bonds is 5. The van der Waals surface area contributed by atoms with E-state index in [4.69, 9.17) is 27.9 Å². The molecule has 98 valence electrons. The Balaban J connectivity index is 2.17. The Kier molecular flexibility index (Phi) is 4.49. The van der Waals surface area contributed by atoms with Crippen LogP contribution in [0.2, 0.25) is 10.0 Å². The van der Waals surface area contributed by atoms with E-state index in [2.05, 4.69) is 5.32 Å². The van der Waals surface area contributed by atoms with Crippen LogP contribution in [0.15, 0.2) is 18.2 Å². The first kappa shape index (κ1) is 13.7. The SMILES string of the molecule is COC(=O)C(NCC1CC1)c1ccc(Cl)cc1Cl. The van der Waals surface area contributed by atoms with Crippen molar-refractivity contribution in [2.24, 2.45) is 5.92 Å². The fourth-order valence-electron chi connectivity index (χ4n) is 1.78. The lowest BCUT2D eigenvalue weighted by Gasteiger charge is -2.18. The van der Waals surface area contributed by atoms with Crippen molar-refractivity contribution in [1.82, 2.24) is 5.32 Å². The lowest BCUT2D eigenvalue weighted by atomic mass is 10.1. The zero-order valence-electron chi connectivity index (χ0n) is 10.1. The fraction of sp³-hybridized carbons (Fsp3) is 0.462. The molecule has 1 unspecified atom stereocenters. The van der Waals surface area contributed by atoms with Crippen LogP contribution in [0.5, 0.6) is 0 Å². The second kappa shape index (κ2) is 5.91. The Morgan fingerprint density at radius 1 is 1.50 bits per heavy atom. The first-order valence-electron chi connectivity index (χ1n) is 5.88. The predicted molar refractivity (Wildman–Crippen MR) is 71.9 cm³/mol. The van der Waals surface area contributed by atoms with E-state index in [1.165, 1.54) is 20.0 Å². The third-order valence-corrected chi connectivity index (χ3v) is 3.58. The first-order chi connectivity index (χ1) is 8.61. The minimum Gasteiger partial charge on any atom is -0.468 e. The number of carbonyl (C=O) groups excluding carboxylic acids is 1. The number of ether oxygens (including phenoxy) is 1. The highest BCUT2D eigenvalue weighted by molar-refractivity contribution is 6.35. The first-order valence-corrected chi connectivity index (χ1v) is 6.63. The zero-order chi connectivity index (χ0) is 13.1. The van der Waals surface area contributed by atoms with E-state index in [0.717, 1.165) is 6.54 Å². The smallest absolute Gasteiger partial charge is 0.327 e. The number of esters is 1. The monoisotopic (exact) mass is 287 g/mol. The highest BCUT2D eigenvalue weighted by Crippen LogP contribution is 2.31. The lowest BCUT2D eigenvalue weighted by Crippen LogP contribution is -2.31. The van der Waals surface area contributed by atoms with Crippen LogP contribution in [0, 0.1) is 5.92 Å². The second-order valence-corrected chi connectivity index (χ2v) is 5.32. The van der Waals surface area contributed by atoms with Gasteiger partial charge in [0.1, 0.15) is 6.04 Å². The van der Waals surface area contributed by atoms with Gasteiger partial charge in [0.05, 0.1) is 7.11 Å². The van der Waals surface area contributed by atoms with E-state index < -0.39 is 6.04 Å². The van der Waals surface area contributed by atoms with Gasteiger partial charge in [-0.2, -0.15) is 0 Å². The van der Waals surface area contributed by atoms with Crippen LogP contribution in [-0.2, 0) is 9.53 Å². The number of nitrogens with one attached hydrogen (secondary N) is 1. The summed E-state index contributed by atoms with van der Waals surface area (Å²) >= 11 is 12.0. The number of benzene rings is 1. The molecule has 1 aromatic carbocycles. The van der Waals surface area contributed by atoms with Gasteiger partial charge in [0, 0.05) is 10.0 Å². The molecule has 1 atom stereocenters. The minimum atomic E-state index is -0.527. The summed E-state index contributed by atoms with van der Waals surface area (Å²) in [6.45, 7) is 0.804. The summed E-state index contributed by atoms with van der Waals surface area (Å²) in [6, 6.07) is 4.58. The van der Waals surface area contributed by atoms with Crippen LogP contribution in [0.1, 0.15) is 24.4 Å². The number of carbonyl (C=O) groups is 1. The molecule has 2 rings (SSSR count). The lowest BCUT2D eigenvalue weighted by molar-refractivity contribution is -0.143. The fourth-order valence-corrected chi connectivity index (χ4v) is 2.30. The van der Waals surface area contributed by atoms with Gasteiger partial charge in [-0.1, -0.05) is 29.3 Å². The molecule has 0 aliphatic heterocycles. The van der Waals surface area contributed by atoms with Crippen molar-refractivity contribution in [3.63, 3.8) is 0 Å². The molecule has 1 N–H and O–H groups in total. The molecule has 0 aromatic heterocycles. The van der Waals surface area contributed by atoms with E-state index in [1.54, 1.807) is 18.2 Å². The molecule has 0 radical (unpaired) electrons. The summed E-state index contributed by atoms with van der Waals surface area (Å²) in [5.74, 6) is 0.336. The largest absolute Gasteiger partial charge is 0.468 e. The molecule has 1 aromatic rings. The quantitative estimate of drug-likeness (QED) is 0.845. The van der Waals surface area contributed by atoms with Gasteiger partial charge < -0.3 is 10.1 Å². The zero-order valence-corrected chi connectivity index (χ0v) is 11.6. The van der Waals surface area contributed by atoms with Gasteiger partial charge >= 0.3 is 5.97 Å². The maximum absolute atomic E-state index is 11.8. The normalized spacial score (nSPS) is 16.4. The van der Waals surface area contributed by atoms with Crippen LogP contribution in [0.25, 0.3) is 0 Å². The number of halogens is 2. The molecule has 0 bridgehead atoms. The topological polar surface area (TPSA) is 38.3 Å². The standard InChI is InChI=1S/C13H15Cl2NO2/c1-18-13(17)12(16-7-8-2-3-8)10-5-4-9(14)6-11(10)15/h4-6,8,12,16H,2-3,7H2,1H3. The maximum Gasteiger partial charge on any atom is 0.327 e. The van der Waals surface area contributed by atoms with Crippen molar-refractivity contribution in [2.75, 3.05) is 13.7 Å². The summed E-state index contributed by atoms with van der Waals surface area (Å²) in [4.78, 5) is 11.8. The third-order valence-electron chi connectivity index (χ3n) is 3.02. The maximum atomic E-state index is 11.8. The number of methoxy groups -OCH3 is 1. The Morgan fingerprint density at radius 3 is 2.78 bits per heavy atom. The summed E-state index contributed by atoms with van der Waals surface area (Å²) in [6.07, 6.45) is 2.44. The Hall–Kier alpha value is -0.770. The van der Waals surface area contributed by atoms with Crippen molar-refractivity contribution in [2.45, 2.75) is 18.9 Å². The van der Waals surface area contributed by atoms with Crippen molar-refractivity contribution in [3.05, 3.63) is 33.8 Å². The number of hydrogen-bond acceptors (Lipinski definition) is 3. The molecule has 0 spiro atoms. The predicted octanol–water partition coefficient (Wildman–Crippen LogP) is 3.21. The summed E-state index contributed by atoms with van der Waals surface area (Å²) in [5, 5.41) is 4.23. The van der Waals surface area contributed by atoms with E-state index in [0.29, 0.717) is 21.5 Å². The summed E-state index contributed by atoms with van der Waals surface area (Å²) < 4.78 is 4.81. The average molecular weight is 288 g/mol. The molecule has 5 heteroatoms. The van der Waals surface area contributed by atoms with E-state index >= 15 is 0 Å². The Morgan fingerprint density at radius 2 is 2.22 bits per heavy atom. The van der Waals surface area contributed by atoms with Crippen LogP contribution in [0.4, 0.5) is 0 Å². The molecule has 0 saturated heterocycles. The van der Waals surface area contributed by atoms with E-state index in [9.17, 15) is 4.79 Å². The van der Waals surface area contributed by atoms with Gasteiger partial charge in [-0.3, -0.25) is 0 Å².